The lowest BCUT2D eigenvalue weighted by Gasteiger charge is -2.38. The lowest BCUT2D eigenvalue weighted by molar-refractivity contribution is -0.129. The fraction of sp³-hybridized carbons (Fsp3) is 0.353. The van der Waals surface area contributed by atoms with E-state index in [-0.39, 0.29) is 11.8 Å². The fourth-order valence-corrected chi connectivity index (χ4v) is 2.41. The normalized spacial score (nSPS) is 16.3. The summed E-state index contributed by atoms with van der Waals surface area (Å²) in [7, 11) is 1.68. The molecule has 1 amide bonds. The molecule has 5 N–H and O–H groups in total. The standard InChI is InChI=1S/C17H24N4O2/c1-20-17(22)14-10-21(11-14)9-13-4-6-16(7-5-13)23-12-15(19)3-2-8-18/h2-8,14H,9-12,18-19H2,1H3,(H,20,22)/b8-2-,15-3-. The van der Waals surface area contributed by atoms with E-state index in [9.17, 15) is 4.79 Å². The third-order valence-corrected chi connectivity index (χ3v) is 3.73. The largest absolute Gasteiger partial charge is 0.487 e. The van der Waals surface area contributed by atoms with E-state index in [0.717, 1.165) is 25.4 Å². The highest BCUT2D eigenvalue weighted by molar-refractivity contribution is 5.79. The van der Waals surface area contributed by atoms with Crippen LogP contribution in [0.25, 0.3) is 0 Å². The first-order valence-electron chi connectivity index (χ1n) is 7.61. The van der Waals surface area contributed by atoms with Gasteiger partial charge in [0, 0.05) is 32.4 Å². The van der Waals surface area contributed by atoms with Crippen molar-refractivity contribution in [2.75, 3.05) is 26.7 Å². The van der Waals surface area contributed by atoms with Crippen LogP contribution in [0, 0.1) is 5.92 Å². The van der Waals surface area contributed by atoms with E-state index < -0.39 is 0 Å². The van der Waals surface area contributed by atoms with Crippen LogP contribution in [0.2, 0.25) is 0 Å². The average molecular weight is 316 g/mol. The molecule has 1 heterocycles. The van der Waals surface area contributed by atoms with E-state index in [2.05, 4.69) is 10.2 Å². The summed E-state index contributed by atoms with van der Waals surface area (Å²) in [6.07, 6.45) is 4.80. The number of nitrogens with zero attached hydrogens (tertiary/aromatic N) is 1. The molecule has 1 aromatic rings. The molecule has 0 radical (unpaired) electrons. The van der Waals surface area contributed by atoms with Crippen molar-refractivity contribution >= 4 is 5.91 Å². The third-order valence-electron chi connectivity index (χ3n) is 3.73. The Kier molecular flexibility index (Phi) is 6.05. The van der Waals surface area contributed by atoms with Crippen molar-refractivity contribution in [3.8, 4) is 5.75 Å². The van der Waals surface area contributed by atoms with E-state index in [0.29, 0.717) is 12.3 Å². The summed E-state index contributed by atoms with van der Waals surface area (Å²) in [5, 5.41) is 2.69. The van der Waals surface area contributed by atoms with Gasteiger partial charge in [-0.3, -0.25) is 9.69 Å². The monoisotopic (exact) mass is 316 g/mol. The number of rotatable bonds is 7. The van der Waals surface area contributed by atoms with E-state index in [1.54, 1.807) is 19.2 Å². The number of nitrogens with one attached hydrogen (secondary N) is 1. The number of allylic oxidation sites excluding steroid dienone is 2. The summed E-state index contributed by atoms with van der Waals surface area (Å²) in [4.78, 5) is 13.7. The quantitative estimate of drug-likeness (QED) is 0.639. The van der Waals surface area contributed by atoms with Gasteiger partial charge >= 0.3 is 0 Å². The highest BCUT2D eigenvalue weighted by atomic mass is 16.5. The number of carbonyl (C=O) groups excluding carboxylic acids is 1. The van der Waals surface area contributed by atoms with Crippen LogP contribution >= 0.6 is 0 Å². The summed E-state index contributed by atoms with van der Waals surface area (Å²) in [5.74, 6) is 1.02. The minimum Gasteiger partial charge on any atom is -0.487 e. The van der Waals surface area contributed by atoms with Crippen molar-refractivity contribution in [1.29, 1.82) is 0 Å². The number of benzene rings is 1. The molecule has 0 spiro atoms. The second-order valence-corrected chi connectivity index (χ2v) is 5.56. The first-order chi connectivity index (χ1) is 11.1. The molecule has 23 heavy (non-hydrogen) atoms. The summed E-state index contributed by atoms with van der Waals surface area (Å²) in [5.41, 5.74) is 12.8. The number of carbonyl (C=O) groups is 1. The first-order valence-corrected chi connectivity index (χ1v) is 7.61. The molecule has 124 valence electrons. The van der Waals surface area contributed by atoms with Crippen LogP contribution in [0.1, 0.15) is 5.56 Å². The second kappa shape index (κ2) is 8.24. The molecule has 1 aromatic carbocycles. The highest BCUT2D eigenvalue weighted by Crippen LogP contribution is 2.20. The minimum absolute atomic E-state index is 0.125. The zero-order chi connectivity index (χ0) is 16.7. The van der Waals surface area contributed by atoms with Crippen molar-refractivity contribution in [1.82, 2.24) is 10.2 Å². The van der Waals surface area contributed by atoms with Crippen LogP contribution in [0.5, 0.6) is 5.75 Å². The maximum absolute atomic E-state index is 11.4. The van der Waals surface area contributed by atoms with E-state index >= 15 is 0 Å². The van der Waals surface area contributed by atoms with E-state index in [1.807, 2.05) is 24.3 Å². The van der Waals surface area contributed by atoms with Gasteiger partial charge in [-0.25, -0.2) is 0 Å². The van der Waals surface area contributed by atoms with E-state index in [1.165, 1.54) is 11.8 Å². The molecule has 0 bridgehead atoms. The number of ether oxygens (including phenoxy) is 1. The van der Waals surface area contributed by atoms with Gasteiger partial charge in [0.1, 0.15) is 12.4 Å². The average Bonchev–Trinajstić information content (AvgIpc) is 2.54. The molecule has 2 rings (SSSR count). The molecule has 1 aliphatic heterocycles. The van der Waals surface area contributed by atoms with Crippen LogP contribution in [0.3, 0.4) is 0 Å². The Morgan fingerprint density at radius 1 is 1.39 bits per heavy atom. The Bertz CT molecular complexity index is 575. The highest BCUT2D eigenvalue weighted by Gasteiger charge is 2.31. The van der Waals surface area contributed by atoms with Crippen molar-refractivity contribution in [3.63, 3.8) is 0 Å². The summed E-state index contributed by atoms with van der Waals surface area (Å²) < 4.78 is 5.59. The lowest BCUT2D eigenvalue weighted by Crippen LogP contribution is -2.52. The van der Waals surface area contributed by atoms with Gasteiger partial charge in [-0.1, -0.05) is 12.1 Å². The number of hydrogen-bond donors (Lipinski definition) is 3. The fourth-order valence-electron chi connectivity index (χ4n) is 2.41. The van der Waals surface area contributed by atoms with Gasteiger partial charge in [-0.2, -0.15) is 0 Å². The Morgan fingerprint density at radius 2 is 2.09 bits per heavy atom. The van der Waals surface area contributed by atoms with E-state index in [4.69, 9.17) is 16.2 Å². The Balaban J connectivity index is 1.76. The molecule has 1 fully saturated rings. The number of hydrogen-bond acceptors (Lipinski definition) is 5. The SMILES string of the molecule is CNC(=O)C1CN(Cc2ccc(OC/C(N)=C/C=C\N)cc2)C1. The van der Waals surface area contributed by atoms with Crippen molar-refractivity contribution < 1.29 is 9.53 Å². The molecular weight excluding hydrogens is 292 g/mol. The van der Waals surface area contributed by atoms with Crippen LogP contribution in [0.4, 0.5) is 0 Å². The van der Waals surface area contributed by atoms with Gasteiger partial charge in [0.2, 0.25) is 5.91 Å². The second-order valence-electron chi connectivity index (χ2n) is 5.56. The van der Waals surface area contributed by atoms with Crippen LogP contribution in [-0.2, 0) is 11.3 Å². The van der Waals surface area contributed by atoms with Crippen LogP contribution in [0.15, 0.2) is 48.3 Å². The van der Waals surface area contributed by atoms with Crippen molar-refractivity contribution in [2.24, 2.45) is 17.4 Å². The molecule has 6 nitrogen and oxygen atoms in total. The molecule has 6 heteroatoms. The van der Waals surface area contributed by atoms with Gasteiger partial charge < -0.3 is 21.5 Å². The van der Waals surface area contributed by atoms with Gasteiger partial charge in [0.05, 0.1) is 5.92 Å². The third kappa shape index (κ3) is 5.03. The topological polar surface area (TPSA) is 93.6 Å². The van der Waals surface area contributed by atoms with Crippen molar-refractivity contribution in [2.45, 2.75) is 6.54 Å². The van der Waals surface area contributed by atoms with Gasteiger partial charge in [-0.15, -0.1) is 0 Å². The van der Waals surface area contributed by atoms with Crippen LogP contribution < -0.4 is 21.5 Å². The smallest absolute Gasteiger partial charge is 0.225 e. The Labute approximate surface area is 136 Å². The van der Waals surface area contributed by atoms with Gasteiger partial charge in [0.15, 0.2) is 0 Å². The van der Waals surface area contributed by atoms with Gasteiger partial charge in [-0.05, 0) is 36.0 Å². The molecule has 0 aliphatic carbocycles. The summed E-state index contributed by atoms with van der Waals surface area (Å²) >= 11 is 0. The summed E-state index contributed by atoms with van der Waals surface area (Å²) in [6.45, 7) is 2.79. The summed E-state index contributed by atoms with van der Waals surface area (Å²) in [6, 6.07) is 7.92. The molecule has 1 saturated heterocycles. The number of nitrogens with two attached hydrogens (primary N) is 2. The maximum atomic E-state index is 11.4. The predicted octanol–water partition coefficient (Wildman–Crippen LogP) is 0.558. The first kappa shape index (κ1) is 16.9. The lowest BCUT2D eigenvalue weighted by atomic mass is 9.98. The molecule has 0 aromatic heterocycles. The zero-order valence-electron chi connectivity index (χ0n) is 13.4. The van der Waals surface area contributed by atoms with Crippen molar-refractivity contribution in [3.05, 3.63) is 53.9 Å². The number of likely N-dealkylation sites (tertiary alicyclic amines) is 1. The molecule has 0 unspecified atom stereocenters. The molecule has 0 saturated carbocycles. The Morgan fingerprint density at radius 3 is 2.70 bits per heavy atom. The van der Waals surface area contributed by atoms with Gasteiger partial charge in [0.25, 0.3) is 0 Å². The molecular formula is C17H24N4O2. The molecule has 0 atom stereocenters. The predicted molar refractivity (Wildman–Crippen MR) is 90.4 cm³/mol. The molecule has 1 aliphatic rings. The maximum Gasteiger partial charge on any atom is 0.225 e. The Hall–Kier alpha value is -2.47. The minimum atomic E-state index is 0.125. The van der Waals surface area contributed by atoms with Crippen LogP contribution in [-0.4, -0.2) is 37.6 Å². The zero-order valence-corrected chi connectivity index (χ0v) is 13.4. The number of amides is 1.